The Hall–Kier alpha value is -2.16. The molecule has 2 rings (SSSR count). The minimum absolute atomic E-state index is 0.111. The van der Waals surface area contributed by atoms with E-state index in [4.69, 9.17) is 23.2 Å². The highest BCUT2D eigenvalue weighted by Gasteiger charge is 2.21. The number of benzene rings is 1. The van der Waals surface area contributed by atoms with Crippen molar-refractivity contribution in [2.75, 3.05) is 25.0 Å². The lowest BCUT2D eigenvalue weighted by atomic mass is 10.1. The quantitative estimate of drug-likeness (QED) is 0.526. The lowest BCUT2D eigenvalue weighted by molar-refractivity contribution is -0.120. The fourth-order valence-electron chi connectivity index (χ4n) is 2.74. The van der Waals surface area contributed by atoms with Crippen LogP contribution in [0.5, 0.6) is 0 Å². The number of carbonyl (C=O) groups is 3. The number of rotatable bonds is 10. The minimum atomic E-state index is -0.370. The fourth-order valence-corrected chi connectivity index (χ4v) is 3.77. The number of amides is 3. The Labute approximate surface area is 196 Å². The Balaban J connectivity index is 2.01. The molecule has 7 nitrogen and oxygen atoms in total. The number of halogens is 2. The molecule has 1 aromatic carbocycles. The molecule has 0 saturated carbocycles. The molecule has 0 saturated heterocycles. The van der Waals surface area contributed by atoms with Gasteiger partial charge in [-0.25, -0.2) is 4.98 Å². The van der Waals surface area contributed by atoms with Crippen molar-refractivity contribution in [3.63, 3.8) is 0 Å². The van der Waals surface area contributed by atoms with E-state index in [1.165, 1.54) is 22.3 Å². The van der Waals surface area contributed by atoms with Gasteiger partial charge in [0.05, 0.1) is 22.2 Å². The van der Waals surface area contributed by atoms with Crippen molar-refractivity contribution in [2.24, 2.45) is 5.92 Å². The van der Waals surface area contributed by atoms with Gasteiger partial charge in [-0.05, 0) is 30.5 Å². The monoisotopic (exact) mass is 484 g/mol. The molecule has 0 aliphatic heterocycles. The molecular formula is C21H26Cl2N4O3S. The molecule has 2 N–H and O–H groups in total. The Bertz CT molecular complexity index is 933. The molecule has 31 heavy (non-hydrogen) atoms. The van der Waals surface area contributed by atoms with Crippen LogP contribution in [-0.2, 0) is 16.0 Å². The van der Waals surface area contributed by atoms with Crippen molar-refractivity contribution in [2.45, 2.75) is 33.6 Å². The third-order valence-corrected chi connectivity index (χ3v) is 5.63. The molecule has 1 heterocycles. The van der Waals surface area contributed by atoms with Crippen molar-refractivity contribution in [1.82, 2.24) is 15.2 Å². The first-order valence-electron chi connectivity index (χ1n) is 9.94. The van der Waals surface area contributed by atoms with Crippen LogP contribution < -0.4 is 10.6 Å². The number of carbonyl (C=O) groups excluding carboxylic acids is 3. The molecule has 0 atom stereocenters. The molecule has 0 aliphatic rings. The van der Waals surface area contributed by atoms with Crippen LogP contribution in [0.2, 0.25) is 10.0 Å². The van der Waals surface area contributed by atoms with E-state index in [-0.39, 0.29) is 41.6 Å². The summed E-state index contributed by atoms with van der Waals surface area (Å²) in [6.45, 7) is 6.78. The van der Waals surface area contributed by atoms with Gasteiger partial charge in [-0.3, -0.25) is 14.4 Å². The summed E-state index contributed by atoms with van der Waals surface area (Å²) in [6.07, 6.45) is 1.01. The summed E-state index contributed by atoms with van der Waals surface area (Å²) >= 11 is 13.2. The molecule has 0 radical (unpaired) electrons. The number of nitrogens with zero attached hydrogens (tertiary/aromatic N) is 2. The predicted octanol–water partition coefficient (Wildman–Crippen LogP) is 4.26. The second-order valence-electron chi connectivity index (χ2n) is 7.43. The van der Waals surface area contributed by atoms with Crippen LogP contribution in [0, 0.1) is 5.92 Å². The standard InChI is InChI=1S/C21H26Cl2N4O3S/c1-4-7-24-18(28)9-15-12-31-21(25-15)26-19(29)11-27(10-13(2)3)20(30)14-5-6-16(22)17(23)8-14/h5-6,8,12-13H,4,7,9-11H2,1-3H3,(H,24,28)(H,25,26,29). The predicted molar refractivity (Wildman–Crippen MR) is 125 cm³/mol. The Kier molecular flexibility index (Phi) is 9.74. The number of anilines is 1. The normalized spacial score (nSPS) is 10.8. The van der Waals surface area contributed by atoms with E-state index in [1.807, 2.05) is 20.8 Å². The SMILES string of the molecule is CCCNC(=O)Cc1csc(NC(=O)CN(CC(C)C)C(=O)c2ccc(Cl)c(Cl)c2)n1. The van der Waals surface area contributed by atoms with Crippen molar-refractivity contribution < 1.29 is 14.4 Å². The van der Waals surface area contributed by atoms with E-state index in [0.717, 1.165) is 6.42 Å². The maximum atomic E-state index is 12.9. The first kappa shape index (κ1) is 25.1. The number of nitrogens with one attached hydrogen (secondary N) is 2. The molecule has 1 aromatic heterocycles. The van der Waals surface area contributed by atoms with Gasteiger partial charge in [0.15, 0.2) is 5.13 Å². The molecule has 0 aliphatic carbocycles. The van der Waals surface area contributed by atoms with Crippen LogP contribution >= 0.6 is 34.5 Å². The fraction of sp³-hybridized carbons (Fsp3) is 0.429. The van der Waals surface area contributed by atoms with Crippen LogP contribution in [0.1, 0.15) is 43.2 Å². The van der Waals surface area contributed by atoms with Gasteiger partial charge in [0.25, 0.3) is 5.91 Å². The van der Waals surface area contributed by atoms with Gasteiger partial charge in [-0.15, -0.1) is 11.3 Å². The van der Waals surface area contributed by atoms with Gasteiger partial charge in [0.2, 0.25) is 11.8 Å². The average molecular weight is 485 g/mol. The van der Waals surface area contributed by atoms with Crippen molar-refractivity contribution in [1.29, 1.82) is 0 Å². The van der Waals surface area contributed by atoms with E-state index in [9.17, 15) is 14.4 Å². The van der Waals surface area contributed by atoms with E-state index >= 15 is 0 Å². The summed E-state index contributed by atoms with van der Waals surface area (Å²) < 4.78 is 0. The highest BCUT2D eigenvalue weighted by molar-refractivity contribution is 7.13. The third-order valence-electron chi connectivity index (χ3n) is 4.09. The first-order valence-corrected chi connectivity index (χ1v) is 11.6. The van der Waals surface area contributed by atoms with E-state index < -0.39 is 0 Å². The van der Waals surface area contributed by atoms with Gasteiger partial charge >= 0.3 is 0 Å². The third kappa shape index (κ3) is 8.12. The topological polar surface area (TPSA) is 91.4 Å². The summed E-state index contributed by atoms with van der Waals surface area (Å²) in [5.41, 5.74) is 0.942. The summed E-state index contributed by atoms with van der Waals surface area (Å²) in [6, 6.07) is 4.63. The van der Waals surface area contributed by atoms with Crippen molar-refractivity contribution in [3.05, 3.63) is 44.9 Å². The second kappa shape index (κ2) is 12.0. The molecule has 0 fully saturated rings. The molecule has 3 amide bonds. The average Bonchev–Trinajstić information content (AvgIpc) is 3.13. The number of thiazole rings is 1. The van der Waals surface area contributed by atoms with Crippen LogP contribution in [0.15, 0.2) is 23.6 Å². The lowest BCUT2D eigenvalue weighted by Crippen LogP contribution is -2.40. The van der Waals surface area contributed by atoms with Gasteiger partial charge in [-0.2, -0.15) is 0 Å². The molecule has 0 spiro atoms. The highest BCUT2D eigenvalue weighted by Crippen LogP contribution is 2.23. The summed E-state index contributed by atoms with van der Waals surface area (Å²) in [7, 11) is 0. The second-order valence-corrected chi connectivity index (χ2v) is 9.10. The Morgan fingerprint density at radius 3 is 2.55 bits per heavy atom. The van der Waals surface area contributed by atoms with Crippen LogP contribution in [-0.4, -0.2) is 47.2 Å². The van der Waals surface area contributed by atoms with Gasteiger partial charge in [-0.1, -0.05) is 44.0 Å². The Morgan fingerprint density at radius 2 is 1.90 bits per heavy atom. The van der Waals surface area contributed by atoms with Gasteiger partial charge in [0.1, 0.15) is 6.54 Å². The van der Waals surface area contributed by atoms with E-state index in [1.54, 1.807) is 17.5 Å². The summed E-state index contributed by atoms with van der Waals surface area (Å²) in [5, 5.41) is 8.24. The number of hydrogen-bond donors (Lipinski definition) is 2. The first-order chi connectivity index (χ1) is 14.7. The zero-order valence-electron chi connectivity index (χ0n) is 17.7. The van der Waals surface area contributed by atoms with Gasteiger partial charge in [0, 0.05) is 24.0 Å². The zero-order valence-corrected chi connectivity index (χ0v) is 20.0. The van der Waals surface area contributed by atoms with Crippen molar-refractivity contribution in [3.8, 4) is 0 Å². The summed E-state index contributed by atoms with van der Waals surface area (Å²) in [5.74, 6) is -0.631. The minimum Gasteiger partial charge on any atom is -0.356 e. The van der Waals surface area contributed by atoms with Crippen LogP contribution in [0.3, 0.4) is 0 Å². The molecular weight excluding hydrogens is 459 g/mol. The molecule has 0 unspecified atom stereocenters. The lowest BCUT2D eigenvalue weighted by Gasteiger charge is -2.24. The highest BCUT2D eigenvalue weighted by atomic mass is 35.5. The largest absolute Gasteiger partial charge is 0.356 e. The van der Waals surface area contributed by atoms with Gasteiger partial charge < -0.3 is 15.5 Å². The van der Waals surface area contributed by atoms with Crippen LogP contribution in [0.25, 0.3) is 0 Å². The van der Waals surface area contributed by atoms with E-state index in [2.05, 4.69) is 15.6 Å². The summed E-state index contributed by atoms with van der Waals surface area (Å²) in [4.78, 5) is 43.1. The molecule has 10 heteroatoms. The maximum Gasteiger partial charge on any atom is 0.254 e. The van der Waals surface area contributed by atoms with E-state index in [0.29, 0.717) is 34.5 Å². The molecule has 168 valence electrons. The number of aromatic nitrogens is 1. The molecule has 2 aromatic rings. The smallest absolute Gasteiger partial charge is 0.254 e. The van der Waals surface area contributed by atoms with Crippen LogP contribution in [0.4, 0.5) is 5.13 Å². The van der Waals surface area contributed by atoms with Crippen molar-refractivity contribution >= 4 is 57.4 Å². The maximum absolute atomic E-state index is 12.9. The molecule has 0 bridgehead atoms. The zero-order chi connectivity index (χ0) is 23.0. The Morgan fingerprint density at radius 1 is 1.16 bits per heavy atom. The number of hydrogen-bond acceptors (Lipinski definition) is 5.